The summed E-state index contributed by atoms with van der Waals surface area (Å²) in [5, 5.41) is 3.27. The molecule has 0 bridgehead atoms. The van der Waals surface area contributed by atoms with Crippen molar-refractivity contribution in [1.82, 2.24) is 8.87 Å². The molecule has 0 aliphatic carbocycles. The summed E-state index contributed by atoms with van der Waals surface area (Å²) in [6.07, 6.45) is 1.04. The number of rotatable bonds is 5. The maximum absolute atomic E-state index is 13.1. The normalized spacial score (nSPS) is 17.5. The Bertz CT molecular complexity index is 1300. The number of fused-ring (bicyclic) bond motifs is 1. The Morgan fingerprint density at radius 3 is 2.58 bits per heavy atom. The molecule has 164 valence electrons. The van der Waals surface area contributed by atoms with E-state index in [1.165, 1.54) is 28.6 Å². The van der Waals surface area contributed by atoms with Crippen LogP contribution in [0.5, 0.6) is 0 Å². The van der Waals surface area contributed by atoms with Gasteiger partial charge in [-0.2, -0.15) is 4.31 Å². The number of benzene rings is 2. The Balaban J connectivity index is 1.58. The average molecular weight is 480 g/mol. The molecule has 3 aromatic rings. The lowest BCUT2D eigenvalue weighted by Gasteiger charge is -2.23. The molecule has 10 heteroatoms. The maximum Gasteiger partial charge on any atom is 0.308 e. The largest absolute Gasteiger partial charge is 0.325 e. The van der Waals surface area contributed by atoms with E-state index in [1.54, 1.807) is 22.8 Å². The topological polar surface area (TPSA) is 88.5 Å². The summed E-state index contributed by atoms with van der Waals surface area (Å²) in [5.41, 5.74) is 1.35. The van der Waals surface area contributed by atoms with Crippen LogP contribution < -0.4 is 10.2 Å². The Labute approximate surface area is 189 Å². The highest BCUT2D eigenvalue weighted by Crippen LogP contribution is 2.29. The first-order chi connectivity index (χ1) is 14.7. The SMILES string of the molecule is CC(C)n1c(=O)sc2cc(NC(=O)C3CCCN3S(=O)(=O)c3ccc(Cl)cc3)ccc21. The summed E-state index contributed by atoms with van der Waals surface area (Å²) in [6.45, 7) is 4.17. The molecule has 1 amide bonds. The van der Waals surface area contributed by atoms with Crippen LogP contribution in [-0.2, 0) is 14.8 Å². The van der Waals surface area contributed by atoms with Crippen LogP contribution in [-0.4, -0.2) is 35.8 Å². The van der Waals surface area contributed by atoms with Gasteiger partial charge in [0.25, 0.3) is 0 Å². The van der Waals surface area contributed by atoms with E-state index in [0.717, 1.165) is 21.6 Å². The van der Waals surface area contributed by atoms with E-state index in [9.17, 15) is 18.0 Å². The predicted octanol–water partition coefficient (Wildman–Crippen LogP) is 4.09. The van der Waals surface area contributed by atoms with E-state index < -0.39 is 16.1 Å². The van der Waals surface area contributed by atoms with Gasteiger partial charge in [-0.05, 0) is 69.2 Å². The number of hydrogen-bond acceptors (Lipinski definition) is 5. The highest BCUT2D eigenvalue weighted by molar-refractivity contribution is 7.89. The van der Waals surface area contributed by atoms with Gasteiger partial charge in [-0.3, -0.25) is 14.2 Å². The molecule has 1 fully saturated rings. The molecule has 0 saturated carbocycles. The number of carbonyl (C=O) groups excluding carboxylic acids is 1. The quantitative estimate of drug-likeness (QED) is 0.597. The van der Waals surface area contributed by atoms with Gasteiger partial charge in [0.15, 0.2) is 0 Å². The molecule has 0 radical (unpaired) electrons. The summed E-state index contributed by atoms with van der Waals surface area (Å²) in [6, 6.07) is 10.5. The number of thiazole rings is 1. The zero-order valence-corrected chi connectivity index (χ0v) is 19.4. The number of sulfonamides is 1. The van der Waals surface area contributed by atoms with Crippen LogP contribution >= 0.6 is 22.9 Å². The van der Waals surface area contributed by atoms with Crippen molar-refractivity contribution < 1.29 is 13.2 Å². The monoisotopic (exact) mass is 479 g/mol. The van der Waals surface area contributed by atoms with Crippen molar-refractivity contribution >= 4 is 54.8 Å². The molecule has 1 aliphatic heterocycles. The number of anilines is 1. The number of nitrogens with one attached hydrogen (secondary N) is 1. The first-order valence-electron chi connectivity index (χ1n) is 9.92. The fourth-order valence-corrected chi connectivity index (χ4v) is 6.70. The van der Waals surface area contributed by atoms with Gasteiger partial charge < -0.3 is 5.32 Å². The molecule has 1 atom stereocenters. The molecule has 2 aromatic carbocycles. The Morgan fingerprint density at radius 2 is 1.90 bits per heavy atom. The van der Waals surface area contributed by atoms with Gasteiger partial charge in [0.2, 0.25) is 15.9 Å². The fourth-order valence-electron chi connectivity index (χ4n) is 3.86. The van der Waals surface area contributed by atoms with E-state index in [1.807, 2.05) is 13.8 Å². The van der Waals surface area contributed by atoms with Gasteiger partial charge >= 0.3 is 4.87 Å². The lowest BCUT2D eigenvalue weighted by Crippen LogP contribution is -2.43. The average Bonchev–Trinajstić information content (AvgIpc) is 3.32. The van der Waals surface area contributed by atoms with Crippen LogP contribution in [0, 0.1) is 0 Å². The number of aromatic nitrogens is 1. The molecule has 0 spiro atoms. The molecule has 4 rings (SSSR count). The maximum atomic E-state index is 13.1. The third-order valence-electron chi connectivity index (χ3n) is 5.32. The first-order valence-corrected chi connectivity index (χ1v) is 12.6. The van der Waals surface area contributed by atoms with Gasteiger partial charge in [-0.1, -0.05) is 22.9 Å². The minimum Gasteiger partial charge on any atom is -0.325 e. The molecule has 1 saturated heterocycles. The van der Waals surface area contributed by atoms with Crippen molar-refractivity contribution in [2.45, 2.75) is 43.7 Å². The molecule has 31 heavy (non-hydrogen) atoms. The van der Waals surface area contributed by atoms with E-state index in [4.69, 9.17) is 11.6 Å². The Kier molecular flexibility index (Phi) is 5.95. The third-order valence-corrected chi connectivity index (χ3v) is 8.42. The third kappa shape index (κ3) is 4.15. The fraction of sp³-hybridized carbons (Fsp3) is 0.333. The van der Waals surface area contributed by atoms with Crippen molar-refractivity contribution in [3.05, 3.63) is 57.2 Å². The van der Waals surface area contributed by atoms with Crippen molar-refractivity contribution in [2.24, 2.45) is 0 Å². The summed E-state index contributed by atoms with van der Waals surface area (Å²) < 4.78 is 29.8. The number of nitrogens with zero attached hydrogens (tertiary/aromatic N) is 2. The lowest BCUT2D eigenvalue weighted by atomic mass is 10.2. The second-order valence-electron chi connectivity index (χ2n) is 7.73. The van der Waals surface area contributed by atoms with E-state index >= 15 is 0 Å². The summed E-state index contributed by atoms with van der Waals surface area (Å²) in [7, 11) is -3.82. The number of hydrogen-bond donors (Lipinski definition) is 1. The highest BCUT2D eigenvalue weighted by Gasteiger charge is 2.39. The number of carbonyl (C=O) groups is 1. The van der Waals surface area contributed by atoms with E-state index in [2.05, 4.69) is 5.32 Å². The van der Waals surface area contributed by atoms with Crippen molar-refractivity contribution in [3.8, 4) is 0 Å². The predicted molar refractivity (Wildman–Crippen MR) is 123 cm³/mol. The Hall–Kier alpha value is -2.20. The first kappa shape index (κ1) is 22.0. The second-order valence-corrected chi connectivity index (χ2v) is 11.1. The van der Waals surface area contributed by atoms with Crippen molar-refractivity contribution in [1.29, 1.82) is 0 Å². The van der Waals surface area contributed by atoms with Crippen LogP contribution in [0.4, 0.5) is 5.69 Å². The minimum atomic E-state index is -3.82. The van der Waals surface area contributed by atoms with Crippen LogP contribution in [0.1, 0.15) is 32.7 Å². The van der Waals surface area contributed by atoms with Crippen molar-refractivity contribution in [2.75, 3.05) is 11.9 Å². The summed E-state index contributed by atoms with van der Waals surface area (Å²) in [5.74, 6) is -0.384. The molecule has 2 heterocycles. The molecule has 1 aliphatic rings. The van der Waals surface area contributed by atoms with Gasteiger partial charge in [0, 0.05) is 23.3 Å². The smallest absolute Gasteiger partial charge is 0.308 e. The summed E-state index contributed by atoms with van der Waals surface area (Å²) in [4.78, 5) is 25.3. The van der Waals surface area contributed by atoms with Crippen LogP contribution in [0.3, 0.4) is 0 Å². The second kappa shape index (κ2) is 8.38. The van der Waals surface area contributed by atoms with Crippen molar-refractivity contribution in [3.63, 3.8) is 0 Å². The van der Waals surface area contributed by atoms with Gasteiger partial charge in [-0.15, -0.1) is 0 Å². The molecular formula is C21H22ClN3O4S2. The van der Waals surface area contributed by atoms with Gasteiger partial charge in [0.05, 0.1) is 15.1 Å². The summed E-state index contributed by atoms with van der Waals surface area (Å²) >= 11 is 6.99. The van der Waals surface area contributed by atoms with Gasteiger partial charge in [0.1, 0.15) is 6.04 Å². The van der Waals surface area contributed by atoms with Gasteiger partial charge in [-0.25, -0.2) is 8.42 Å². The molecular weight excluding hydrogens is 458 g/mol. The number of halogens is 1. The zero-order valence-electron chi connectivity index (χ0n) is 17.0. The van der Waals surface area contributed by atoms with Crippen LogP contribution in [0.2, 0.25) is 5.02 Å². The molecule has 7 nitrogen and oxygen atoms in total. The molecule has 1 N–H and O–H groups in total. The van der Waals surface area contributed by atoms with E-state index in [-0.39, 0.29) is 28.3 Å². The minimum absolute atomic E-state index is 0.0341. The molecule has 1 aromatic heterocycles. The highest BCUT2D eigenvalue weighted by atomic mass is 35.5. The lowest BCUT2D eigenvalue weighted by molar-refractivity contribution is -0.119. The van der Waals surface area contributed by atoms with Crippen LogP contribution in [0.15, 0.2) is 52.2 Å². The number of amides is 1. The van der Waals surface area contributed by atoms with Crippen LogP contribution in [0.25, 0.3) is 10.2 Å². The van der Waals surface area contributed by atoms with E-state index in [0.29, 0.717) is 23.6 Å². The molecule has 1 unspecified atom stereocenters. The standard InChI is InChI=1S/C21H22ClN3O4S2/c1-13(2)25-17-10-7-15(12-19(17)30-21(25)27)23-20(26)18-4-3-11-24(18)31(28,29)16-8-5-14(22)6-9-16/h5-10,12-13,18H,3-4,11H2,1-2H3,(H,23,26). The zero-order chi connectivity index (χ0) is 22.3. The Morgan fingerprint density at radius 1 is 1.19 bits per heavy atom.